The highest BCUT2D eigenvalue weighted by Crippen LogP contribution is 2.50. The van der Waals surface area contributed by atoms with Crippen LogP contribution in [0.1, 0.15) is 46.0 Å². The van der Waals surface area contributed by atoms with Crippen LogP contribution in [0.2, 0.25) is 0 Å². The van der Waals surface area contributed by atoms with E-state index in [0.29, 0.717) is 13.2 Å². The van der Waals surface area contributed by atoms with Gasteiger partial charge in [-0.1, -0.05) is 6.42 Å². The molecule has 2 rings (SSSR count). The van der Waals surface area contributed by atoms with Gasteiger partial charge in [-0.25, -0.2) is 0 Å². The highest BCUT2D eigenvalue weighted by molar-refractivity contribution is 4.92. The highest BCUT2D eigenvalue weighted by Gasteiger charge is 2.41. The second-order valence-electron chi connectivity index (χ2n) is 5.72. The fourth-order valence-corrected chi connectivity index (χ4v) is 3.86. The van der Waals surface area contributed by atoms with Gasteiger partial charge in [0, 0.05) is 13.2 Å². The molecule has 0 aromatic rings. The average Bonchev–Trinajstić information content (AvgIpc) is 2.98. The van der Waals surface area contributed by atoms with Crippen LogP contribution in [0.4, 0.5) is 0 Å². The third-order valence-electron chi connectivity index (χ3n) is 4.65. The minimum atomic E-state index is -0.205. The van der Waals surface area contributed by atoms with Crippen molar-refractivity contribution >= 4 is 0 Å². The van der Waals surface area contributed by atoms with Crippen molar-refractivity contribution in [2.75, 3.05) is 13.2 Å². The van der Waals surface area contributed by atoms with E-state index in [1.165, 1.54) is 25.7 Å². The lowest BCUT2D eigenvalue weighted by molar-refractivity contribution is -0.157. The second-order valence-corrected chi connectivity index (χ2v) is 5.72. The molecule has 2 fully saturated rings. The van der Waals surface area contributed by atoms with Gasteiger partial charge in [-0.15, -0.1) is 0 Å². The first kappa shape index (κ1) is 14.3. The maximum atomic E-state index is 5.70. The summed E-state index contributed by atoms with van der Waals surface area (Å²) in [5, 5.41) is 0. The molecule has 0 radical (unpaired) electrons. The lowest BCUT2D eigenvalue weighted by Gasteiger charge is -2.31. The normalized spacial score (nSPS) is 32.3. The van der Waals surface area contributed by atoms with E-state index in [-0.39, 0.29) is 12.3 Å². The van der Waals surface area contributed by atoms with E-state index >= 15 is 0 Å². The molecular formula is C14H28N2O2. The number of hydrazine groups is 1. The van der Waals surface area contributed by atoms with E-state index in [2.05, 4.69) is 5.43 Å². The molecule has 106 valence electrons. The van der Waals surface area contributed by atoms with Gasteiger partial charge in [-0.3, -0.25) is 11.3 Å². The van der Waals surface area contributed by atoms with Crippen molar-refractivity contribution in [1.82, 2.24) is 5.43 Å². The topological polar surface area (TPSA) is 56.5 Å². The minimum absolute atomic E-state index is 0.120. The molecule has 4 atom stereocenters. The molecule has 2 aliphatic rings. The Morgan fingerprint density at radius 1 is 1.17 bits per heavy atom. The van der Waals surface area contributed by atoms with Gasteiger partial charge in [-0.05, 0) is 57.3 Å². The maximum absolute atomic E-state index is 5.70. The van der Waals surface area contributed by atoms with Crippen molar-refractivity contribution in [3.8, 4) is 0 Å². The summed E-state index contributed by atoms with van der Waals surface area (Å²) in [7, 11) is 0. The Bertz CT molecular complexity index is 244. The van der Waals surface area contributed by atoms with Gasteiger partial charge >= 0.3 is 0 Å². The Kier molecular flexibility index (Phi) is 5.42. The van der Waals surface area contributed by atoms with Crippen molar-refractivity contribution in [2.45, 2.75) is 58.3 Å². The minimum Gasteiger partial charge on any atom is -0.351 e. The van der Waals surface area contributed by atoms with Crippen LogP contribution in [0, 0.1) is 17.8 Å². The Labute approximate surface area is 111 Å². The van der Waals surface area contributed by atoms with Gasteiger partial charge in [0.05, 0.1) is 6.04 Å². The monoisotopic (exact) mass is 256 g/mol. The van der Waals surface area contributed by atoms with E-state index in [1.807, 2.05) is 13.8 Å². The summed E-state index contributed by atoms with van der Waals surface area (Å²) in [6.07, 6.45) is 6.57. The Hall–Kier alpha value is -0.160. The van der Waals surface area contributed by atoms with Crippen molar-refractivity contribution in [1.29, 1.82) is 0 Å². The molecule has 4 heteroatoms. The standard InChI is InChI=1S/C14H28N2O2/c1-3-17-14(18-4-2)13(16-15)9-12-8-10-5-6-11(12)7-10/h10-14,16H,3-9,15H2,1-2H3. The van der Waals surface area contributed by atoms with Crippen molar-refractivity contribution in [3.05, 3.63) is 0 Å². The zero-order valence-corrected chi connectivity index (χ0v) is 11.7. The number of rotatable bonds is 8. The molecule has 2 bridgehead atoms. The first-order valence-electron chi connectivity index (χ1n) is 7.47. The maximum Gasteiger partial charge on any atom is 0.174 e. The third-order valence-corrected chi connectivity index (χ3v) is 4.65. The Balaban J connectivity index is 1.86. The molecule has 0 heterocycles. The van der Waals surface area contributed by atoms with Crippen LogP contribution >= 0.6 is 0 Å². The molecule has 3 N–H and O–H groups in total. The van der Waals surface area contributed by atoms with Gasteiger partial charge in [0.1, 0.15) is 0 Å². The van der Waals surface area contributed by atoms with E-state index in [0.717, 1.165) is 24.2 Å². The number of ether oxygens (including phenoxy) is 2. The Morgan fingerprint density at radius 2 is 1.89 bits per heavy atom. The summed E-state index contributed by atoms with van der Waals surface area (Å²) in [4.78, 5) is 0. The van der Waals surface area contributed by atoms with Crippen LogP contribution in [0.3, 0.4) is 0 Å². The lowest BCUT2D eigenvalue weighted by atomic mass is 9.84. The van der Waals surface area contributed by atoms with Crippen LogP contribution in [0.25, 0.3) is 0 Å². The third kappa shape index (κ3) is 3.23. The first-order chi connectivity index (χ1) is 8.78. The molecule has 0 aromatic heterocycles. The predicted octanol–water partition coefficient (Wildman–Crippen LogP) is 2.04. The van der Waals surface area contributed by atoms with Gasteiger partial charge < -0.3 is 9.47 Å². The zero-order chi connectivity index (χ0) is 13.0. The van der Waals surface area contributed by atoms with Gasteiger partial charge in [0.25, 0.3) is 0 Å². The largest absolute Gasteiger partial charge is 0.351 e. The highest BCUT2D eigenvalue weighted by atomic mass is 16.7. The molecule has 0 amide bonds. The SMILES string of the molecule is CCOC(OCC)C(CC1CC2CCC1C2)NN. The van der Waals surface area contributed by atoms with E-state index in [1.54, 1.807) is 0 Å². The van der Waals surface area contributed by atoms with E-state index in [4.69, 9.17) is 15.3 Å². The molecule has 0 spiro atoms. The van der Waals surface area contributed by atoms with Crippen LogP contribution in [0.5, 0.6) is 0 Å². The molecule has 2 saturated carbocycles. The summed E-state index contributed by atoms with van der Waals surface area (Å²) in [5.74, 6) is 8.42. The quantitative estimate of drug-likeness (QED) is 0.396. The van der Waals surface area contributed by atoms with Gasteiger partial charge in [0.2, 0.25) is 0 Å². The van der Waals surface area contributed by atoms with Crippen LogP contribution in [-0.2, 0) is 9.47 Å². The molecular weight excluding hydrogens is 228 g/mol. The molecule has 0 saturated heterocycles. The smallest absolute Gasteiger partial charge is 0.174 e. The van der Waals surface area contributed by atoms with Crippen molar-refractivity contribution in [2.24, 2.45) is 23.6 Å². The summed E-state index contributed by atoms with van der Waals surface area (Å²) in [6, 6.07) is 0.120. The molecule has 2 aliphatic carbocycles. The molecule has 18 heavy (non-hydrogen) atoms. The average molecular weight is 256 g/mol. The molecule has 0 aliphatic heterocycles. The molecule has 0 aromatic carbocycles. The first-order valence-corrected chi connectivity index (χ1v) is 7.47. The van der Waals surface area contributed by atoms with Gasteiger partial charge in [-0.2, -0.15) is 0 Å². The van der Waals surface area contributed by atoms with E-state index in [9.17, 15) is 0 Å². The summed E-state index contributed by atoms with van der Waals surface area (Å²) < 4.78 is 11.3. The lowest BCUT2D eigenvalue weighted by Crippen LogP contribution is -2.48. The number of hydrogen-bond donors (Lipinski definition) is 2. The summed E-state index contributed by atoms with van der Waals surface area (Å²) >= 11 is 0. The van der Waals surface area contributed by atoms with Crippen LogP contribution < -0.4 is 11.3 Å². The fraction of sp³-hybridized carbons (Fsp3) is 1.00. The van der Waals surface area contributed by atoms with Crippen molar-refractivity contribution < 1.29 is 9.47 Å². The van der Waals surface area contributed by atoms with Gasteiger partial charge in [0.15, 0.2) is 6.29 Å². The Morgan fingerprint density at radius 3 is 2.33 bits per heavy atom. The summed E-state index contributed by atoms with van der Waals surface area (Å²) in [6.45, 7) is 5.33. The zero-order valence-electron chi connectivity index (χ0n) is 11.7. The number of nitrogens with two attached hydrogens (primary N) is 1. The number of fused-ring (bicyclic) bond motifs is 2. The van der Waals surface area contributed by atoms with Crippen LogP contribution in [-0.4, -0.2) is 25.5 Å². The second kappa shape index (κ2) is 6.85. The fourth-order valence-electron chi connectivity index (χ4n) is 3.86. The van der Waals surface area contributed by atoms with Crippen LogP contribution in [0.15, 0.2) is 0 Å². The number of hydrogen-bond acceptors (Lipinski definition) is 4. The molecule has 4 nitrogen and oxygen atoms in total. The van der Waals surface area contributed by atoms with Crippen molar-refractivity contribution in [3.63, 3.8) is 0 Å². The molecule has 4 unspecified atom stereocenters. The van der Waals surface area contributed by atoms with E-state index < -0.39 is 0 Å². The number of nitrogens with one attached hydrogen (secondary N) is 1. The summed E-state index contributed by atoms with van der Waals surface area (Å²) in [5.41, 5.74) is 2.91. The predicted molar refractivity (Wildman–Crippen MR) is 71.7 cm³/mol.